The second-order valence-electron chi connectivity index (χ2n) is 11.8. The van der Waals surface area contributed by atoms with E-state index in [1.54, 1.807) is 19.2 Å². The van der Waals surface area contributed by atoms with Crippen molar-refractivity contribution in [1.29, 1.82) is 0 Å². The Bertz CT molecular complexity index is 1480. The van der Waals surface area contributed by atoms with E-state index in [2.05, 4.69) is 70.6 Å². The molecule has 5 rings (SSSR count). The lowest BCUT2D eigenvalue weighted by molar-refractivity contribution is -0.0128. The summed E-state index contributed by atoms with van der Waals surface area (Å²) in [5.41, 5.74) is 6.61. The summed E-state index contributed by atoms with van der Waals surface area (Å²) in [5, 5.41) is 3.18. The quantitative estimate of drug-likeness (QED) is 0.139. The van der Waals surface area contributed by atoms with Crippen molar-refractivity contribution in [3.8, 4) is 0 Å². The number of fused-ring (bicyclic) bond motifs is 1. The van der Waals surface area contributed by atoms with Gasteiger partial charge in [0.15, 0.2) is 0 Å². The van der Waals surface area contributed by atoms with Crippen LogP contribution in [0.2, 0.25) is 0 Å². The SMILES string of the molecule is CC.CC.CNCCCC1(c2ccc(F)cc2)OCc2ccccc21.COCc1cc(Br)ccc1C(CCCN(C)C)c1ccc(F)cc1. The minimum Gasteiger partial charge on any atom is -0.380 e. The molecule has 0 saturated heterocycles. The van der Waals surface area contributed by atoms with Crippen molar-refractivity contribution in [3.63, 3.8) is 0 Å². The maximum absolute atomic E-state index is 13.3. The van der Waals surface area contributed by atoms with Gasteiger partial charge in [0, 0.05) is 17.5 Å². The lowest BCUT2D eigenvalue weighted by Crippen LogP contribution is -2.28. The Hall–Kier alpha value is -2.94. The first-order valence-corrected chi connectivity index (χ1v) is 18.4. The largest absolute Gasteiger partial charge is 0.380 e. The van der Waals surface area contributed by atoms with Gasteiger partial charge in [-0.1, -0.05) is 98.2 Å². The Morgan fingerprint density at radius 2 is 1.51 bits per heavy atom. The number of nitrogens with one attached hydrogen (secondary N) is 1. The summed E-state index contributed by atoms with van der Waals surface area (Å²) < 4.78 is 39.2. The summed E-state index contributed by atoms with van der Waals surface area (Å²) in [6.07, 6.45) is 3.98. The fourth-order valence-electron chi connectivity index (χ4n) is 6.15. The fraction of sp³-hybridized carbons (Fsp3) is 0.429. The van der Waals surface area contributed by atoms with Gasteiger partial charge in [-0.2, -0.15) is 0 Å². The van der Waals surface area contributed by atoms with Gasteiger partial charge in [0.05, 0.1) is 13.2 Å². The summed E-state index contributed by atoms with van der Waals surface area (Å²) in [7, 11) is 7.84. The van der Waals surface area contributed by atoms with Gasteiger partial charge in [-0.05, 0) is 130 Å². The Morgan fingerprint density at radius 3 is 2.12 bits per heavy atom. The summed E-state index contributed by atoms with van der Waals surface area (Å²) in [6, 6.07) is 28.3. The molecule has 268 valence electrons. The summed E-state index contributed by atoms with van der Waals surface area (Å²) in [5.74, 6) is -0.169. The van der Waals surface area contributed by atoms with Crippen LogP contribution in [0.5, 0.6) is 0 Å². The summed E-state index contributed by atoms with van der Waals surface area (Å²) in [4.78, 5) is 2.19. The van der Waals surface area contributed by atoms with Crippen molar-refractivity contribution in [2.75, 3.05) is 41.3 Å². The molecule has 1 aliphatic rings. The zero-order valence-electron chi connectivity index (χ0n) is 30.8. The zero-order valence-corrected chi connectivity index (χ0v) is 32.4. The van der Waals surface area contributed by atoms with Crippen molar-refractivity contribution in [2.24, 2.45) is 0 Å². The highest BCUT2D eigenvalue weighted by molar-refractivity contribution is 9.10. The monoisotopic (exact) mass is 738 g/mol. The van der Waals surface area contributed by atoms with E-state index < -0.39 is 5.60 Å². The van der Waals surface area contributed by atoms with Crippen LogP contribution in [0.3, 0.4) is 0 Å². The third kappa shape index (κ3) is 12.4. The molecule has 4 aromatic carbocycles. The standard InChI is InChI=1S/C20H25BrFNO.C18H20FNO.2C2H6/c1-23(2)12-4-5-19(15-6-9-18(22)10-7-15)20-11-8-17(21)13-16(20)14-24-3;1-20-12-4-11-18(15-7-9-16(19)10-8-15)17-6-3-2-5-14(17)13-21-18;2*1-2/h6-11,13,19H,4-5,12,14H2,1-3H3;2-3,5-10,20H,4,11-13H2,1H3;2*1-2H3. The van der Waals surface area contributed by atoms with Crippen molar-refractivity contribution in [3.05, 3.63) is 140 Å². The number of methoxy groups -OCH3 is 1. The maximum atomic E-state index is 13.3. The first-order chi connectivity index (χ1) is 23.8. The number of hydrogen-bond acceptors (Lipinski definition) is 4. The van der Waals surface area contributed by atoms with Crippen LogP contribution >= 0.6 is 15.9 Å². The molecule has 0 fully saturated rings. The molecule has 1 heterocycles. The van der Waals surface area contributed by atoms with Gasteiger partial charge in [-0.15, -0.1) is 0 Å². The normalized spacial score (nSPS) is 15.2. The molecule has 0 spiro atoms. The van der Waals surface area contributed by atoms with Crippen LogP contribution in [0.1, 0.15) is 92.7 Å². The molecule has 0 aromatic heterocycles. The van der Waals surface area contributed by atoms with Gasteiger partial charge in [-0.3, -0.25) is 0 Å². The van der Waals surface area contributed by atoms with Crippen molar-refractivity contribution in [2.45, 2.75) is 78.1 Å². The predicted octanol–water partition coefficient (Wildman–Crippen LogP) is 10.9. The predicted molar refractivity (Wildman–Crippen MR) is 205 cm³/mol. The molecule has 0 bridgehead atoms. The van der Waals surface area contributed by atoms with E-state index in [1.165, 1.54) is 34.4 Å². The highest BCUT2D eigenvalue weighted by Crippen LogP contribution is 2.45. The van der Waals surface area contributed by atoms with E-state index >= 15 is 0 Å². The van der Waals surface area contributed by atoms with Crippen molar-refractivity contribution in [1.82, 2.24) is 10.2 Å². The summed E-state index contributed by atoms with van der Waals surface area (Å²) >= 11 is 3.54. The average Bonchev–Trinajstić information content (AvgIpc) is 3.50. The second-order valence-corrected chi connectivity index (χ2v) is 12.7. The lowest BCUT2D eigenvalue weighted by Gasteiger charge is -2.30. The van der Waals surface area contributed by atoms with Crippen LogP contribution in [0.4, 0.5) is 8.78 Å². The number of nitrogens with zero attached hydrogens (tertiary/aromatic N) is 1. The third-order valence-electron chi connectivity index (χ3n) is 8.34. The molecular weight excluding hydrogens is 682 g/mol. The fourth-order valence-corrected chi connectivity index (χ4v) is 6.55. The highest BCUT2D eigenvalue weighted by atomic mass is 79.9. The first kappa shape index (κ1) is 42.2. The Morgan fingerprint density at radius 1 is 0.878 bits per heavy atom. The molecule has 1 aliphatic heterocycles. The van der Waals surface area contributed by atoms with E-state index in [0.717, 1.165) is 54.4 Å². The smallest absolute Gasteiger partial charge is 0.123 e. The minimum absolute atomic E-state index is 0.196. The molecule has 4 aromatic rings. The lowest BCUT2D eigenvalue weighted by atomic mass is 9.82. The van der Waals surface area contributed by atoms with Gasteiger partial charge in [0.1, 0.15) is 17.2 Å². The van der Waals surface area contributed by atoms with E-state index in [1.807, 2.05) is 71.1 Å². The number of ether oxygens (including phenoxy) is 2. The molecule has 4 nitrogen and oxygen atoms in total. The molecule has 2 atom stereocenters. The Balaban J connectivity index is 0.000000311. The van der Waals surface area contributed by atoms with Crippen LogP contribution in [0.25, 0.3) is 0 Å². The molecule has 1 N–H and O–H groups in total. The average molecular weight is 740 g/mol. The molecule has 7 heteroatoms. The molecule has 0 saturated carbocycles. The van der Waals surface area contributed by atoms with Gasteiger partial charge < -0.3 is 19.7 Å². The minimum atomic E-state index is -0.443. The van der Waals surface area contributed by atoms with E-state index in [0.29, 0.717) is 13.2 Å². The van der Waals surface area contributed by atoms with Crippen LogP contribution < -0.4 is 5.32 Å². The topological polar surface area (TPSA) is 33.7 Å². The molecule has 0 radical (unpaired) electrons. The molecule has 2 unspecified atom stereocenters. The third-order valence-corrected chi connectivity index (χ3v) is 8.84. The number of benzene rings is 4. The van der Waals surface area contributed by atoms with Gasteiger partial charge in [0.2, 0.25) is 0 Å². The van der Waals surface area contributed by atoms with Crippen LogP contribution in [0.15, 0.2) is 95.5 Å². The van der Waals surface area contributed by atoms with Crippen LogP contribution in [-0.2, 0) is 28.3 Å². The molecule has 0 aliphatic carbocycles. The van der Waals surface area contributed by atoms with Gasteiger partial charge >= 0.3 is 0 Å². The zero-order chi connectivity index (χ0) is 36.2. The van der Waals surface area contributed by atoms with Gasteiger partial charge in [0.25, 0.3) is 0 Å². The van der Waals surface area contributed by atoms with E-state index in [4.69, 9.17) is 9.47 Å². The van der Waals surface area contributed by atoms with Crippen LogP contribution in [0, 0.1) is 11.6 Å². The van der Waals surface area contributed by atoms with E-state index in [9.17, 15) is 8.78 Å². The van der Waals surface area contributed by atoms with Crippen molar-refractivity contribution >= 4 is 15.9 Å². The molecule has 49 heavy (non-hydrogen) atoms. The Kier molecular flexibility index (Phi) is 19.6. The molecular formula is C42H57BrF2N2O2. The van der Waals surface area contributed by atoms with E-state index in [-0.39, 0.29) is 17.6 Å². The second kappa shape index (κ2) is 22.7. The highest BCUT2D eigenvalue weighted by Gasteiger charge is 2.41. The number of rotatable bonds is 13. The summed E-state index contributed by atoms with van der Waals surface area (Å²) in [6.45, 7) is 11.2. The van der Waals surface area contributed by atoms with Crippen molar-refractivity contribution < 1.29 is 18.3 Å². The van der Waals surface area contributed by atoms with Gasteiger partial charge in [-0.25, -0.2) is 8.78 Å². The number of halogens is 3. The Labute approximate surface area is 303 Å². The first-order valence-electron chi connectivity index (χ1n) is 17.6. The maximum Gasteiger partial charge on any atom is 0.123 e. The number of hydrogen-bond donors (Lipinski definition) is 1. The molecule has 0 amide bonds. The van der Waals surface area contributed by atoms with Crippen LogP contribution in [-0.4, -0.2) is 46.2 Å².